The van der Waals surface area contributed by atoms with E-state index in [2.05, 4.69) is 0 Å². The van der Waals surface area contributed by atoms with Crippen molar-refractivity contribution in [2.75, 3.05) is 14.1 Å². The monoisotopic (exact) mass is 343 g/mol. The van der Waals surface area contributed by atoms with Gasteiger partial charge >= 0.3 is 12.0 Å². The van der Waals surface area contributed by atoms with Crippen LogP contribution in [-0.4, -0.2) is 50.8 Å². The molecule has 0 saturated heterocycles. The summed E-state index contributed by atoms with van der Waals surface area (Å²) in [7, 11) is -0.833. The number of primary amides is 1. The second kappa shape index (κ2) is 7.20. The molecule has 126 valence electrons. The summed E-state index contributed by atoms with van der Waals surface area (Å²) >= 11 is 0. The van der Waals surface area contributed by atoms with E-state index in [0.717, 1.165) is 4.31 Å². The van der Waals surface area contributed by atoms with Gasteiger partial charge in [0.25, 0.3) is 5.91 Å². The van der Waals surface area contributed by atoms with Crippen molar-refractivity contribution in [2.24, 2.45) is 5.73 Å². The van der Waals surface area contributed by atoms with Crippen LogP contribution in [0.2, 0.25) is 0 Å². The van der Waals surface area contributed by atoms with Crippen LogP contribution in [0.15, 0.2) is 29.2 Å². The van der Waals surface area contributed by atoms with E-state index in [0.29, 0.717) is 0 Å². The summed E-state index contributed by atoms with van der Waals surface area (Å²) in [5.74, 6) is -1.71. The third kappa shape index (κ3) is 4.76. The van der Waals surface area contributed by atoms with Gasteiger partial charge in [0.1, 0.15) is 0 Å². The number of amides is 3. The van der Waals surface area contributed by atoms with Crippen LogP contribution in [0, 0.1) is 0 Å². The molecule has 10 heteroatoms. The van der Waals surface area contributed by atoms with Crippen LogP contribution < -0.4 is 11.1 Å². The van der Waals surface area contributed by atoms with E-state index in [-0.39, 0.29) is 10.5 Å². The average Bonchev–Trinajstić information content (AvgIpc) is 2.46. The molecule has 0 saturated carbocycles. The van der Waals surface area contributed by atoms with Crippen molar-refractivity contribution in [3.05, 3.63) is 29.8 Å². The van der Waals surface area contributed by atoms with Crippen LogP contribution in [0.25, 0.3) is 0 Å². The minimum atomic E-state index is -3.60. The molecule has 1 unspecified atom stereocenters. The smallest absolute Gasteiger partial charge is 0.338 e. The Bertz CT molecular complexity index is 712. The van der Waals surface area contributed by atoms with Gasteiger partial charge in [-0.05, 0) is 31.2 Å². The highest BCUT2D eigenvalue weighted by molar-refractivity contribution is 7.89. The molecular weight excluding hydrogens is 326 g/mol. The van der Waals surface area contributed by atoms with Gasteiger partial charge in [-0.2, -0.15) is 0 Å². The summed E-state index contributed by atoms with van der Waals surface area (Å²) in [5.41, 5.74) is 4.84. The number of nitrogens with one attached hydrogen (secondary N) is 1. The maximum Gasteiger partial charge on any atom is 0.338 e. The number of nitrogens with zero attached hydrogens (tertiary/aromatic N) is 1. The highest BCUT2D eigenvalue weighted by Crippen LogP contribution is 2.15. The first kappa shape index (κ1) is 18.6. The summed E-state index contributed by atoms with van der Waals surface area (Å²) in [5, 5.41) is 1.78. The van der Waals surface area contributed by atoms with Crippen LogP contribution in [0.4, 0.5) is 4.79 Å². The fraction of sp³-hybridized carbons (Fsp3) is 0.308. The second-order valence-electron chi connectivity index (χ2n) is 4.71. The summed E-state index contributed by atoms with van der Waals surface area (Å²) in [6.07, 6.45) is -1.24. The maximum atomic E-state index is 11.9. The van der Waals surface area contributed by atoms with E-state index in [1.165, 1.54) is 45.3 Å². The van der Waals surface area contributed by atoms with Crippen LogP contribution in [0.5, 0.6) is 0 Å². The number of sulfonamides is 1. The van der Waals surface area contributed by atoms with Gasteiger partial charge in [0, 0.05) is 14.1 Å². The number of hydrogen-bond donors (Lipinski definition) is 2. The lowest BCUT2D eigenvalue weighted by Crippen LogP contribution is -2.42. The molecule has 0 aliphatic carbocycles. The SMILES string of the molecule is CC(OC(=O)c1ccc(S(=O)(=O)N(C)C)cc1)C(=O)NC(N)=O. The van der Waals surface area contributed by atoms with Crippen LogP contribution >= 0.6 is 0 Å². The van der Waals surface area contributed by atoms with Gasteiger partial charge in [0.15, 0.2) is 6.10 Å². The molecular formula is C13H17N3O6S. The highest BCUT2D eigenvalue weighted by atomic mass is 32.2. The van der Waals surface area contributed by atoms with Crippen LogP contribution in [-0.2, 0) is 19.6 Å². The first-order valence-corrected chi connectivity index (χ1v) is 7.83. The number of esters is 1. The van der Waals surface area contributed by atoms with Crippen molar-refractivity contribution in [3.63, 3.8) is 0 Å². The lowest BCUT2D eigenvalue weighted by atomic mass is 10.2. The van der Waals surface area contributed by atoms with Gasteiger partial charge in [-0.25, -0.2) is 22.3 Å². The Kier molecular flexibility index (Phi) is 5.82. The van der Waals surface area contributed by atoms with Crippen LogP contribution in [0.3, 0.4) is 0 Å². The van der Waals surface area contributed by atoms with Crippen LogP contribution in [0.1, 0.15) is 17.3 Å². The van der Waals surface area contributed by atoms with Gasteiger partial charge in [-0.1, -0.05) is 0 Å². The summed E-state index contributed by atoms with van der Waals surface area (Å²) in [4.78, 5) is 33.8. The predicted octanol–water partition coefficient (Wildman–Crippen LogP) is -0.323. The zero-order valence-electron chi connectivity index (χ0n) is 12.8. The molecule has 23 heavy (non-hydrogen) atoms. The number of urea groups is 1. The number of rotatable bonds is 5. The van der Waals surface area contributed by atoms with E-state index in [1.54, 1.807) is 5.32 Å². The molecule has 0 spiro atoms. The molecule has 3 N–H and O–H groups in total. The summed E-state index contributed by atoms with van der Waals surface area (Å²) in [6, 6.07) is 3.96. The minimum Gasteiger partial charge on any atom is -0.449 e. The number of imide groups is 1. The Morgan fingerprint density at radius 2 is 1.70 bits per heavy atom. The summed E-state index contributed by atoms with van der Waals surface area (Å²) < 4.78 is 29.7. The Morgan fingerprint density at radius 3 is 2.13 bits per heavy atom. The average molecular weight is 343 g/mol. The quantitative estimate of drug-likeness (QED) is 0.703. The molecule has 0 bridgehead atoms. The number of carbonyl (C=O) groups excluding carboxylic acids is 3. The van der Waals surface area contributed by atoms with Gasteiger partial charge in [0.2, 0.25) is 10.0 Å². The molecule has 1 rings (SSSR count). The Morgan fingerprint density at radius 1 is 1.17 bits per heavy atom. The minimum absolute atomic E-state index is 0.0126. The largest absolute Gasteiger partial charge is 0.449 e. The number of carbonyl (C=O) groups is 3. The zero-order valence-corrected chi connectivity index (χ0v) is 13.6. The Balaban J connectivity index is 2.83. The van der Waals surface area contributed by atoms with Crippen molar-refractivity contribution in [3.8, 4) is 0 Å². The Labute approximate surface area is 133 Å². The molecule has 9 nitrogen and oxygen atoms in total. The van der Waals surface area contributed by atoms with E-state index in [4.69, 9.17) is 10.5 Å². The summed E-state index contributed by atoms with van der Waals surface area (Å²) in [6.45, 7) is 1.26. The molecule has 0 aromatic heterocycles. The first-order valence-electron chi connectivity index (χ1n) is 6.39. The topological polar surface area (TPSA) is 136 Å². The van der Waals surface area contributed by atoms with E-state index < -0.39 is 34.0 Å². The molecule has 0 radical (unpaired) electrons. The number of benzene rings is 1. The predicted molar refractivity (Wildman–Crippen MR) is 79.9 cm³/mol. The van der Waals surface area contributed by atoms with Gasteiger partial charge in [-0.15, -0.1) is 0 Å². The van der Waals surface area contributed by atoms with Crippen molar-refractivity contribution in [2.45, 2.75) is 17.9 Å². The molecule has 0 aliphatic rings. The fourth-order valence-electron chi connectivity index (χ4n) is 1.48. The van der Waals surface area contributed by atoms with Crippen molar-refractivity contribution in [1.29, 1.82) is 0 Å². The number of hydrogen-bond acceptors (Lipinski definition) is 6. The molecule has 1 aromatic carbocycles. The first-order chi connectivity index (χ1) is 10.6. The zero-order chi connectivity index (χ0) is 17.8. The van der Waals surface area contributed by atoms with E-state index in [1.807, 2.05) is 0 Å². The maximum absolute atomic E-state index is 11.9. The standard InChI is InChI=1S/C13H17N3O6S/c1-8(11(17)15-13(14)19)22-12(18)9-4-6-10(7-5-9)23(20,21)16(2)3/h4-8H,1-3H3,(H3,14,15,17,19). The normalized spacial score (nSPS) is 12.5. The second-order valence-corrected chi connectivity index (χ2v) is 6.86. The lowest BCUT2D eigenvalue weighted by Gasteiger charge is -2.13. The van der Waals surface area contributed by atoms with Gasteiger partial charge in [-0.3, -0.25) is 10.1 Å². The molecule has 1 atom stereocenters. The third-order valence-electron chi connectivity index (χ3n) is 2.77. The van der Waals surface area contributed by atoms with Gasteiger partial charge < -0.3 is 10.5 Å². The number of nitrogens with two attached hydrogens (primary N) is 1. The Hall–Kier alpha value is -2.46. The van der Waals surface area contributed by atoms with E-state index in [9.17, 15) is 22.8 Å². The number of ether oxygens (including phenoxy) is 1. The molecule has 1 aromatic rings. The van der Waals surface area contributed by atoms with Crippen molar-refractivity contribution in [1.82, 2.24) is 9.62 Å². The molecule has 0 heterocycles. The van der Waals surface area contributed by atoms with Gasteiger partial charge in [0.05, 0.1) is 10.5 Å². The van der Waals surface area contributed by atoms with E-state index >= 15 is 0 Å². The highest BCUT2D eigenvalue weighted by Gasteiger charge is 2.21. The lowest BCUT2D eigenvalue weighted by molar-refractivity contribution is -0.127. The third-order valence-corrected chi connectivity index (χ3v) is 4.60. The molecule has 0 aliphatic heterocycles. The molecule has 3 amide bonds. The fourth-order valence-corrected chi connectivity index (χ4v) is 2.38. The van der Waals surface area contributed by atoms with Crippen molar-refractivity contribution < 1.29 is 27.5 Å². The van der Waals surface area contributed by atoms with Crippen molar-refractivity contribution >= 4 is 27.9 Å². The molecule has 0 fully saturated rings.